The van der Waals surface area contributed by atoms with E-state index in [2.05, 4.69) is 26.7 Å². The van der Waals surface area contributed by atoms with E-state index in [0.717, 1.165) is 12.5 Å². The lowest BCUT2D eigenvalue weighted by molar-refractivity contribution is -0.0387. The molecule has 2 aromatic rings. The zero-order chi connectivity index (χ0) is 16.8. The van der Waals surface area contributed by atoms with Gasteiger partial charge in [0.05, 0.1) is 19.0 Å². The van der Waals surface area contributed by atoms with Crippen molar-refractivity contribution in [3.63, 3.8) is 0 Å². The average Bonchev–Trinajstić information content (AvgIpc) is 2.98. The summed E-state index contributed by atoms with van der Waals surface area (Å²) in [4.78, 5) is 26.8. The van der Waals surface area contributed by atoms with Crippen molar-refractivity contribution >= 4 is 30.1 Å². The molecule has 1 fully saturated rings. The van der Waals surface area contributed by atoms with Crippen LogP contribution in [0.15, 0.2) is 17.3 Å². The molecule has 12 heteroatoms. The third-order valence-corrected chi connectivity index (χ3v) is 4.32. The molecule has 0 aliphatic carbocycles. The van der Waals surface area contributed by atoms with Crippen LogP contribution in [0.5, 0.6) is 0 Å². The highest BCUT2D eigenvalue weighted by molar-refractivity contribution is 8.44. The molecule has 1 unspecified atom stereocenters. The smallest absolute Gasteiger partial charge is 0.383 e. The Labute approximate surface area is 133 Å². The van der Waals surface area contributed by atoms with Gasteiger partial charge in [0.2, 0.25) is 0 Å². The molecule has 1 saturated heterocycles. The maximum atomic E-state index is 13.9. The summed E-state index contributed by atoms with van der Waals surface area (Å²) in [5.41, 5.74) is -0.548. The Bertz CT molecular complexity index is 835. The van der Waals surface area contributed by atoms with E-state index in [1.807, 2.05) is 0 Å². The monoisotopic (exact) mass is 365 g/mol. The summed E-state index contributed by atoms with van der Waals surface area (Å²) in [6.07, 6.45) is -0.414. The Morgan fingerprint density at radius 2 is 2.39 bits per heavy atom. The lowest BCUT2D eigenvalue weighted by atomic mass is 10.2. The Hall–Kier alpha value is -1.23. The fourth-order valence-corrected chi connectivity index (χ4v) is 3.02. The van der Waals surface area contributed by atoms with Crippen LogP contribution in [-0.4, -0.2) is 43.3 Å². The predicted octanol–water partition coefficient (Wildman–Crippen LogP) is 0.559. The molecule has 1 aliphatic heterocycles. The minimum absolute atomic E-state index is 0.0760. The second kappa shape index (κ2) is 6.00. The van der Waals surface area contributed by atoms with Gasteiger partial charge in [-0.1, -0.05) is 12.2 Å². The molecule has 3 rings (SSSR count). The number of aliphatic hydroxyl groups is 1. The van der Waals surface area contributed by atoms with Gasteiger partial charge in [0, 0.05) is 12.6 Å². The molecule has 4 atom stereocenters. The van der Waals surface area contributed by atoms with Crippen LogP contribution >= 0.6 is 19.0 Å². The number of halogens is 1. The van der Waals surface area contributed by atoms with Gasteiger partial charge >= 0.3 is 6.80 Å². The number of H-pyrrole nitrogens is 1. The number of ether oxygens (including phenoxy) is 1. The van der Waals surface area contributed by atoms with Gasteiger partial charge in [0.15, 0.2) is 11.5 Å². The van der Waals surface area contributed by atoms with Crippen molar-refractivity contribution in [2.24, 2.45) is 0 Å². The largest absolute Gasteiger partial charge is 0.390 e. The first-order valence-electron chi connectivity index (χ1n) is 6.53. The van der Waals surface area contributed by atoms with Gasteiger partial charge in [-0.15, -0.1) is 0 Å². The molecule has 3 N–H and O–H groups in total. The third-order valence-electron chi connectivity index (χ3n) is 3.49. The summed E-state index contributed by atoms with van der Waals surface area (Å²) >= 11 is 3.36. The van der Waals surface area contributed by atoms with Crippen molar-refractivity contribution in [2.75, 3.05) is 6.61 Å². The number of aromatic nitrogens is 3. The van der Waals surface area contributed by atoms with E-state index in [1.54, 1.807) is 0 Å². The van der Waals surface area contributed by atoms with Crippen molar-refractivity contribution in [2.45, 2.75) is 24.9 Å². The van der Waals surface area contributed by atoms with E-state index >= 15 is 0 Å². The quantitative estimate of drug-likeness (QED) is 0.461. The normalized spacial score (nSPS) is 27.4. The minimum atomic E-state index is -4.00. The molecule has 3 heterocycles. The van der Waals surface area contributed by atoms with Gasteiger partial charge in [-0.25, -0.2) is 13.9 Å². The SMILES string of the molecule is O=c1[nH]cnc2c1c(F)cn2[C@H]1C[C@H](O)[C@@H](COP(=O)(O)S)O1. The van der Waals surface area contributed by atoms with Crippen LogP contribution in [0.1, 0.15) is 12.6 Å². The van der Waals surface area contributed by atoms with Crippen molar-refractivity contribution < 1.29 is 28.2 Å². The van der Waals surface area contributed by atoms with Crippen molar-refractivity contribution in [3.8, 4) is 0 Å². The molecule has 0 radical (unpaired) electrons. The highest BCUT2D eigenvalue weighted by atomic mass is 32.7. The number of thiol groups is 1. The highest BCUT2D eigenvalue weighted by Gasteiger charge is 2.37. The van der Waals surface area contributed by atoms with E-state index in [9.17, 15) is 18.9 Å². The number of nitrogens with zero attached hydrogens (tertiary/aromatic N) is 2. The maximum absolute atomic E-state index is 13.9. The number of rotatable bonds is 4. The number of aliphatic hydroxyl groups excluding tert-OH is 1. The molecule has 0 amide bonds. The van der Waals surface area contributed by atoms with Crippen LogP contribution in [0.4, 0.5) is 4.39 Å². The zero-order valence-corrected chi connectivity index (χ0v) is 13.3. The van der Waals surface area contributed by atoms with Gasteiger partial charge in [-0.05, 0) is 0 Å². The van der Waals surface area contributed by atoms with Crippen molar-refractivity contribution in [3.05, 3.63) is 28.7 Å². The summed E-state index contributed by atoms with van der Waals surface area (Å²) in [5.74, 6) is -0.762. The molecule has 0 spiro atoms. The first kappa shape index (κ1) is 16.6. The van der Waals surface area contributed by atoms with Crippen molar-refractivity contribution in [1.29, 1.82) is 0 Å². The average molecular weight is 365 g/mol. The lowest BCUT2D eigenvalue weighted by Crippen LogP contribution is -2.25. The van der Waals surface area contributed by atoms with E-state index in [1.165, 1.54) is 4.57 Å². The van der Waals surface area contributed by atoms with Gasteiger partial charge in [-0.2, -0.15) is 0 Å². The summed E-state index contributed by atoms with van der Waals surface area (Å²) in [7, 11) is 0. The molecule has 0 aromatic carbocycles. The van der Waals surface area contributed by atoms with Crippen molar-refractivity contribution in [1.82, 2.24) is 14.5 Å². The fraction of sp³-hybridized carbons (Fsp3) is 0.455. The van der Waals surface area contributed by atoms with Gasteiger partial charge in [-0.3, -0.25) is 9.32 Å². The lowest BCUT2D eigenvalue weighted by Gasteiger charge is -2.16. The summed E-state index contributed by atoms with van der Waals surface area (Å²) in [6.45, 7) is -4.36. The Kier molecular flexibility index (Phi) is 4.34. The Balaban J connectivity index is 1.85. The molecule has 0 saturated carbocycles. The molecular formula is C11H13FN3O6PS. The number of hydrogen-bond acceptors (Lipinski definition) is 6. The fourth-order valence-electron chi connectivity index (χ4n) is 2.48. The molecule has 1 aliphatic rings. The Morgan fingerprint density at radius 1 is 1.65 bits per heavy atom. The minimum Gasteiger partial charge on any atom is -0.390 e. The number of nitrogens with one attached hydrogen (secondary N) is 1. The summed E-state index contributed by atoms with van der Waals surface area (Å²) in [5, 5.41) is 9.75. The van der Waals surface area contributed by atoms with Gasteiger partial charge in [0.1, 0.15) is 17.7 Å². The molecule has 2 aromatic heterocycles. The van der Waals surface area contributed by atoms with Crippen LogP contribution in [0.3, 0.4) is 0 Å². The van der Waals surface area contributed by atoms with Gasteiger partial charge in [0.25, 0.3) is 5.56 Å². The third kappa shape index (κ3) is 3.35. The number of aromatic amines is 1. The Morgan fingerprint density at radius 3 is 3.09 bits per heavy atom. The first-order valence-corrected chi connectivity index (χ1v) is 9.26. The predicted molar refractivity (Wildman–Crippen MR) is 79.6 cm³/mol. The molecular weight excluding hydrogens is 352 g/mol. The van der Waals surface area contributed by atoms with Crippen LogP contribution in [0.25, 0.3) is 11.0 Å². The summed E-state index contributed by atoms with van der Waals surface area (Å²) in [6, 6.07) is 0. The molecule has 126 valence electrons. The molecule has 0 bridgehead atoms. The second-order valence-electron chi connectivity index (χ2n) is 5.03. The molecule has 23 heavy (non-hydrogen) atoms. The van der Waals surface area contributed by atoms with E-state index in [4.69, 9.17) is 9.63 Å². The van der Waals surface area contributed by atoms with E-state index < -0.39 is 36.6 Å². The van der Waals surface area contributed by atoms with E-state index in [0.29, 0.717) is 0 Å². The highest BCUT2D eigenvalue weighted by Crippen LogP contribution is 2.47. The number of hydrogen-bond donors (Lipinski definition) is 4. The first-order chi connectivity index (χ1) is 10.8. The van der Waals surface area contributed by atoms with Crippen LogP contribution in [0, 0.1) is 5.82 Å². The van der Waals surface area contributed by atoms with Crippen LogP contribution in [0.2, 0.25) is 0 Å². The van der Waals surface area contributed by atoms with Crippen LogP contribution in [-0.2, 0) is 13.8 Å². The van der Waals surface area contributed by atoms with Crippen LogP contribution < -0.4 is 5.56 Å². The van der Waals surface area contributed by atoms with Gasteiger partial charge < -0.3 is 24.3 Å². The maximum Gasteiger partial charge on any atom is 0.383 e. The topological polar surface area (TPSA) is 127 Å². The summed E-state index contributed by atoms with van der Waals surface area (Å²) < 4.78 is 36.3. The molecule has 9 nitrogen and oxygen atoms in total. The second-order valence-corrected chi connectivity index (χ2v) is 7.79. The van der Waals surface area contributed by atoms with E-state index in [-0.39, 0.29) is 24.1 Å². The zero-order valence-electron chi connectivity index (χ0n) is 11.5. The standard InChI is InChI=1S/C11H13FN3O6PS/c12-5-2-15(10-9(5)11(17)14-4-13-10)8-1-6(16)7(21-8)3-20-22(18,19)23/h2,4,6-8,16H,1,3H2,(H,13,14,17)(H2,18,19,23)/t6-,7+,8+/m0/s1. The number of fused-ring (bicyclic) bond motifs is 1.